The second kappa shape index (κ2) is 5.13. The predicted octanol–water partition coefficient (Wildman–Crippen LogP) is 3.07. The van der Waals surface area contributed by atoms with Crippen molar-refractivity contribution in [3.63, 3.8) is 0 Å². The van der Waals surface area contributed by atoms with Gasteiger partial charge in [0.25, 0.3) is 0 Å². The fourth-order valence-corrected chi connectivity index (χ4v) is 3.64. The Morgan fingerprint density at radius 3 is 2.79 bits per heavy atom. The first-order valence-corrected chi connectivity index (χ1v) is 7.49. The van der Waals surface area contributed by atoms with Crippen LogP contribution in [0.2, 0.25) is 0 Å². The highest BCUT2D eigenvalue weighted by Crippen LogP contribution is 2.38. The third-order valence-electron chi connectivity index (χ3n) is 3.36. The molecule has 3 rings (SSSR count). The first kappa shape index (κ1) is 12.4. The Bertz CT molecular complexity index is 579. The third kappa shape index (κ3) is 2.28. The second-order valence-corrected chi connectivity index (χ2v) is 5.60. The molecule has 1 fully saturated rings. The summed E-state index contributed by atoms with van der Waals surface area (Å²) in [6, 6.07) is 12.3. The molecule has 1 aromatic carbocycles. The normalized spacial score (nSPS) is 19.1. The number of thioether (sulfide) groups is 1. The summed E-state index contributed by atoms with van der Waals surface area (Å²) in [5, 5.41) is 0.169. The standard InChI is InChI=1S/C15H16N2OS/c1-2-17-14(18)11-19-15(17)12-8-9-16(10-12)13-6-4-3-5-7-13/h3-10,15H,2,11H2,1H3/t15-/m0/s1. The van der Waals surface area contributed by atoms with E-state index in [0.29, 0.717) is 5.75 Å². The first-order valence-electron chi connectivity index (χ1n) is 6.44. The van der Waals surface area contributed by atoms with Gasteiger partial charge < -0.3 is 9.47 Å². The molecule has 1 saturated heterocycles. The third-order valence-corrected chi connectivity index (χ3v) is 4.62. The van der Waals surface area contributed by atoms with Gasteiger partial charge in [0.15, 0.2) is 0 Å². The van der Waals surface area contributed by atoms with Crippen LogP contribution in [0.4, 0.5) is 0 Å². The van der Waals surface area contributed by atoms with E-state index in [1.54, 1.807) is 11.8 Å². The minimum Gasteiger partial charge on any atom is -0.326 e. The van der Waals surface area contributed by atoms with Crippen LogP contribution in [0.5, 0.6) is 0 Å². The van der Waals surface area contributed by atoms with Crippen molar-refractivity contribution in [2.24, 2.45) is 0 Å². The van der Waals surface area contributed by atoms with Crippen LogP contribution in [0.3, 0.4) is 0 Å². The molecule has 0 radical (unpaired) electrons. The lowest BCUT2D eigenvalue weighted by Crippen LogP contribution is -2.27. The van der Waals surface area contributed by atoms with Crippen molar-refractivity contribution in [1.82, 2.24) is 9.47 Å². The molecule has 19 heavy (non-hydrogen) atoms. The molecule has 1 aromatic heterocycles. The molecule has 0 spiro atoms. The molecule has 1 aliphatic rings. The van der Waals surface area contributed by atoms with Gasteiger partial charge in [-0.15, -0.1) is 11.8 Å². The highest BCUT2D eigenvalue weighted by Gasteiger charge is 2.31. The zero-order valence-corrected chi connectivity index (χ0v) is 11.6. The molecule has 0 unspecified atom stereocenters. The van der Waals surface area contributed by atoms with Crippen LogP contribution in [-0.2, 0) is 4.79 Å². The number of carbonyl (C=O) groups excluding carboxylic acids is 1. The maximum Gasteiger partial charge on any atom is 0.233 e. The van der Waals surface area contributed by atoms with E-state index in [0.717, 1.165) is 12.2 Å². The van der Waals surface area contributed by atoms with E-state index >= 15 is 0 Å². The Morgan fingerprint density at radius 1 is 1.26 bits per heavy atom. The Balaban J connectivity index is 1.88. The molecule has 1 amide bonds. The molecule has 0 N–H and O–H groups in total. The van der Waals surface area contributed by atoms with Gasteiger partial charge in [-0.05, 0) is 25.1 Å². The summed E-state index contributed by atoms with van der Waals surface area (Å²) in [7, 11) is 0. The quantitative estimate of drug-likeness (QED) is 0.858. The van der Waals surface area contributed by atoms with Crippen LogP contribution in [-0.4, -0.2) is 27.7 Å². The van der Waals surface area contributed by atoms with Crippen molar-refractivity contribution >= 4 is 17.7 Å². The predicted molar refractivity (Wildman–Crippen MR) is 78.4 cm³/mol. The summed E-state index contributed by atoms with van der Waals surface area (Å²) in [5.74, 6) is 0.833. The van der Waals surface area contributed by atoms with Crippen molar-refractivity contribution in [2.75, 3.05) is 12.3 Å². The van der Waals surface area contributed by atoms with E-state index in [2.05, 4.69) is 35.2 Å². The summed E-state index contributed by atoms with van der Waals surface area (Å²) in [5.41, 5.74) is 2.34. The Morgan fingerprint density at radius 2 is 2.05 bits per heavy atom. The molecule has 98 valence electrons. The lowest BCUT2D eigenvalue weighted by atomic mass is 10.3. The monoisotopic (exact) mass is 272 g/mol. The van der Waals surface area contributed by atoms with Crippen LogP contribution in [0.25, 0.3) is 5.69 Å². The smallest absolute Gasteiger partial charge is 0.233 e. The number of amides is 1. The maximum absolute atomic E-state index is 11.8. The number of hydrogen-bond acceptors (Lipinski definition) is 2. The van der Waals surface area contributed by atoms with E-state index in [1.165, 1.54) is 5.56 Å². The second-order valence-electron chi connectivity index (χ2n) is 4.53. The van der Waals surface area contributed by atoms with Gasteiger partial charge in [-0.25, -0.2) is 0 Å². The van der Waals surface area contributed by atoms with Crippen molar-refractivity contribution < 1.29 is 4.79 Å². The highest BCUT2D eigenvalue weighted by molar-refractivity contribution is 8.00. The van der Waals surface area contributed by atoms with Gasteiger partial charge >= 0.3 is 0 Å². The van der Waals surface area contributed by atoms with Gasteiger partial charge in [-0.2, -0.15) is 0 Å². The van der Waals surface area contributed by atoms with Crippen LogP contribution >= 0.6 is 11.8 Å². The Kier molecular flexibility index (Phi) is 3.34. The summed E-state index contributed by atoms with van der Waals surface area (Å²) in [4.78, 5) is 13.7. The summed E-state index contributed by atoms with van der Waals surface area (Å²) in [6.07, 6.45) is 4.18. The lowest BCUT2D eigenvalue weighted by Gasteiger charge is -2.21. The fraction of sp³-hybridized carbons (Fsp3) is 0.267. The largest absolute Gasteiger partial charge is 0.326 e. The number of nitrogens with zero attached hydrogens (tertiary/aromatic N) is 2. The minimum atomic E-state index is 0.169. The van der Waals surface area contributed by atoms with Crippen molar-refractivity contribution in [3.05, 3.63) is 54.4 Å². The number of carbonyl (C=O) groups is 1. The van der Waals surface area contributed by atoms with Crippen LogP contribution in [0.15, 0.2) is 48.8 Å². The van der Waals surface area contributed by atoms with Crippen molar-refractivity contribution in [3.8, 4) is 5.69 Å². The number of hydrogen-bond donors (Lipinski definition) is 0. The molecule has 1 atom stereocenters. The van der Waals surface area contributed by atoms with E-state index in [4.69, 9.17) is 0 Å². The van der Waals surface area contributed by atoms with Crippen LogP contribution in [0.1, 0.15) is 17.9 Å². The topological polar surface area (TPSA) is 25.2 Å². The summed E-state index contributed by atoms with van der Waals surface area (Å²) >= 11 is 1.71. The van der Waals surface area contributed by atoms with Gasteiger partial charge in [0.05, 0.1) is 5.75 Å². The van der Waals surface area contributed by atoms with E-state index in [-0.39, 0.29) is 11.3 Å². The minimum absolute atomic E-state index is 0.169. The number of aromatic nitrogens is 1. The van der Waals surface area contributed by atoms with E-state index in [1.807, 2.05) is 30.0 Å². The molecule has 3 nitrogen and oxygen atoms in total. The number of rotatable bonds is 3. The molecule has 0 bridgehead atoms. The van der Waals surface area contributed by atoms with E-state index < -0.39 is 0 Å². The average molecular weight is 272 g/mol. The molecule has 2 aromatic rings. The molecule has 0 saturated carbocycles. The molecule has 1 aliphatic heterocycles. The zero-order valence-electron chi connectivity index (χ0n) is 10.8. The maximum atomic E-state index is 11.8. The van der Waals surface area contributed by atoms with Gasteiger partial charge in [0, 0.05) is 30.2 Å². The first-order chi connectivity index (χ1) is 9.29. The van der Waals surface area contributed by atoms with Crippen molar-refractivity contribution in [2.45, 2.75) is 12.3 Å². The molecule has 0 aliphatic carbocycles. The van der Waals surface area contributed by atoms with Gasteiger partial charge in [0.1, 0.15) is 5.37 Å². The molecule has 4 heteroatoms. The zero-order chi connectivity index (χ0) is 13.2. The number of benzene rings is 1. The summed E-state index contributed by atoms with van der Waals surface area (Å²) < 4.78 is 2.10. The SMILES string of the molecule is CCN1C(=O)CS[C@H]1c1ccn(-c2ccccc2)c1. The molecular formula is C15H16N2OS. The molecular weight excluding hydrogens is 256 g/mol. The Labute approximate surface area is 117 Å². The Hall–Kier alpha value is -1.68. The van der Waals surface area contributed by atoms with Crippen molar-refractivity contribution in [1.29, 1.82) is 0 Å². The van der Waals surface area contributed by atoms with Crippen LogP contribution in [0, 0.1) is 0 Å². The lowest BCUT2D eigenvalue weighted by molar-refractivity contribution is -0.127. The van der Waals surface area contributed by atoms with Crippen LogP contribution < -0.4 is 0 Å². The van der Waals surface area contributed by atoms with Gasteiger partial charge in [0.2, 0.25) is 5.91 Å². The van der Waals surface area contributed by atoms with Gasteiger partial charge in [-0.1, -0.05) is 18.2 Å². The summed E-state index contributed by atoms with van der Waals surface area (Å²) in [6.45, 7) is 2.80. The average Bonchev–Trinajstić information content (AvgIpc) is 3.06. The fourth-order valence-electron chi connectivity index (χ4n) is 2.39. The van der Waals surface area contributed by atoms with Gasteiger partial charge in [-0.3, -0.25) is 4.79 Å². The highest BCUT2D eigenvalue weighted by atomic mass is 32.2. The molecule has 2 heterocycles. The van der Waals surface area contributed by atoms with E-state index in [9.17, 15) is 4.79 Å². The number of para-hydroxylation sites is 1.